The summed E-state index contributed by atoms with van der Waals surface area (Å²) in [7, 11) is 0. The summed E-state index contributed by atoms with van der Waals surface area (Å²) in [5.41, 5.74) is 4.53. The molecule has 0 aliphatic heterocycles. The molecular weight excluding hydrogens is 391 g/mol. The molecule has 3 aromatic carbocycles. The monoisotopic (exact) mass is 406 g/mol. The first-order chi connectivity index (χ1) is 13.5. The number of carbonyl (C=O) groups excluding carboxylic acids is 1. The summed E-state index contributed by atoms with van der Waals surface area (Å²) in [5.74, 6) is -0.186. The molecular formula is C23H16Cl2N2O. The van der Waals surface area contributed by atoms with E-state index in [1.807, 2.05) is 55.5 Å². The first-order valence-corrected chi connectivity index (χ1v) is 9.51. The van der Waals surface area contributed by atoms with Crippen LogP contribution in [-0.4, -0.2) is 10.9 Å². The number of nitrogens with one attached hydrogen (secondary N) is 1. The van der Waals surface area contributed by atoms with Crippen molar-refractivity contribution in [2.24, 2.45) is 0 Å². The van der Waals surface area contributed by atoms with E-state index in [0.717, 1.165) is 27.7 Å². The van der Waals surface area contributed by atoms with Crippen molar-refractivity contribution in [2.75, 3.05) is 5.32 Å². The maximum absolute atomic E-state index is 13.2. The number of aromatic nitrogens is 1. The van der Waals surface area contributed by atoms with Gasteiger partial charge in [-0.05, 0) is 55.0 Å². The number of rotatable bonds is 3. The average Bonchev–Trinajstić information content (AvgIpc) is 2.70. The van der Waals surface area contributed by atoms with Crippen LogP contribution in [0.3, 0.4) is 0 Å². The Hall–Kier alpha value is -2.88. The maximum atomic E-state index is 13.2. The summed E-state index contributed by atoms with van der Waals surface area (Å²) >= 11 is 12.0. The molecule has 0 unspecified atom stereocenters. The molecule has 0 aliphatic rings. The Morgan fingerprint density at radius 2 is 1.46 bits per heavy atom. The Bertz CT molecular complexity index is 1170. The molecule has 0 fully saturated rings. The van der Waals surface area contributed by atoms with Crippen molar-refractivity contribution in [3.05, 3.63) is 94.0 Å². The number of anilines is 1. The van der Waals surface area contributed by atoms with E-state index in [9.17, 15) is 4.79 Å². The molecule has 4 rings (SSSR count). The Morgan fingerprint density at radius 1 is 0.857 bits per heavy atom. The normalized spacial score (nSPS) is 10.8. The summed E-state index contributed by atoms with van der Waals surface area (Å²) in [5, 5.41) is 5.04. The molecule has 0 radical (unpaired) electrons. The van der Waals surface area contributed by atoms with Gasteiger partial charge in [-0.25, -0.2) is 4.98 Å². The molecule has 0 aliphatic carbocycles. The largest absolute Gasteiger partial charge is 0.322 e. The Labute approximate surface area is 172 Å². The third-order valence-electron chi connectivity index (χ3n) is 4.58. The summed E-state index contributed by atoms with van der Waals surface area (Å²) < 4.78 is 0. The maximum Gasteiger partial charge on any atom is 0.256 e. The van der Waals surface area contributed by atoms with Crippen LogP contribution in [0.2, 0.25) is 10.0 Å². The SMILES string of the molecule is Cc1c(-c2ccc(Cl)cc2)nc2ccccc2c1C(=O)Nc1ccc(Cl)cc1. The van der Waals surface area contributed by atoms with Gasteiger partial charge in [0, 0.05) is 26.7 Å². The summed E-state index contributed by atoms with van der Waals surface area (Å²) in [6.07, 6.45) is 0. The van der Waals surface area contributed by atoms with Crippen molar-refractivity contribution in [1.82, 2.24) is 4.98 Å². The molecule has 0 bridgehead atoms. The number of hydrogen-bond acceptors (Lipinski definition) is 2. The van der Waals surface area contributed by atoms with Gasteiger partial charge in [-0.15, -0.1) is 0 Å². The second kappa shape index (κ2) is 7.63. The molecule has 1 heterocycles. The lowest BCUT2D eigenvalue weighted by Crippen LogP contribution is -2.15. The Morgan fingerprint density at radius 3 is 2.14 bits per heavy atom. The molecule has 1 N–H and O–H groups in total. The molecule has 4 aromatic rings. The van der Waals surface area contributed by atoms with Crippen molar-refractivity contribution in [3.8, 4) is 11.3 Å². The van der Waals surface area contributed by atoms with Gasteiger partial charge in [0.15, 0.2) is 0 Å². The number of para-hydroxylation sites is 1. The molecule has 1 amide bonds. The second-order valence-corrected chi connectivity index (χ2v) is 7.32. The van der Waals surface area contributed by atoms with Gasteiger partial charge in [-0.2, -0.15) is 0 Å². The highest BCUT2D eigenvalue weighted by atomic mass is 35.5. The Balaban J connectivity index is 1.86. The molecule has 1 aromatic heterocycles. The standard InChI is InChI=1S/C23H16Cl2N2O/c1-14-21(23(28)26-18-12-10-17(25)11-13-18)19-4-2-3-5-20(19)27-22(14)15-6-8-16(24)9-7-15/h2-13H,1H3,(H,26,28). The molecule has 0 saturated heterocycles. The van der Waals surface area contributed by atoms with Crippen molar-refractivity contribution >= 4 is 45.7 Å². The fourth-order valence-corrected chi connectivity index (χ4v) is 3.47. The van der Waals surface area contributed by atoms with Crippen LogP contribution in [0.5, 0.6) is 0 Å². The van der Waals surface area contributed by atoms with Gasteiger partial charge in [-0.3, -0.25) is 4.79 Å². The van der Waals surface area contributed by atoms with Gasteiger partial charge < -0.3 is 5.32 Å². The first-order valence-electron chi connectivity index (χ1n) is 8.75. The van der Waals surface area contributed by atoms with Crippen LogP contribution >= 0.6 is 23.2 Å². The van der Waals surface area contributed by atoms with E-state index in [0.29, 0.717) is 21.3 Å². The zero-order valence-corrected chi connectivity index (χ0v) is 16.6. The number of hydrogen-bond donors (Lipinski definition) is 1. The topological polar surface area (TPSA) is 42.0 Å². The van der Waals surface area contributed by atoms with Crippen LogP contribution < -0.4 is 5.32 Å². The fraction of sp³-hybridized carbons (Fsp3) is 0.0435. The van der Waals surface area contributed by atoms with Crippen LogP contribution in [0.4, 0.5) is 5.69 Å². The molecule has 3 nitrogen and oxygen atoms in total. The minimum atomic E-state index is -0.186. The zero-order valence-electron chi connectivity index (χ0n) is 15.0. The number of halogens is 2. The molecule has 0 atom stereocenters. The van der Waals surface area contributed by atoms with Crippen molar-refractivity contribution in [1.29, 1.82) is 0 Å². The number of carbonyl (C=O) groups is 1. The number of amides is 1. The quantitative estimate of drug-likeness (QED) is 0.407. The van der Waals surface area contributed by atoms with E-state index < -0.39 is 0 Å². The van der Waals surface area contributed by atoms with E-state index in [1.54, 1.807) is 24.3 Å². The minimum Gasteiger partial charge on any atom is -0.322 e. The molecule has 138 valence electrons. The van der Waals surface area contributed by atoms with Gasteiger partial charge in [0.05, 0.1) is 16.8 Å². The van der Waals surface area contributed by atoms with E-state index in [2.05, 4.69) is 5.32 Å². The molecule has 5 heteroatoms. The van der Waals surface area contributed by atoms with Crippen LogP contribution in [0.15, 0.2) is 72.8 Å². The lowest BCUT2D eigenvalue weighted by atomic mass is 9.97. The highest BCUT2D eigenvalue weighted by molar-refractivity contribution is 6.31. The number of pyridine rings is 1. The summed E-state index contributed by atoms with van der Waals surface area (Å²) in [6, 6.07) is 22.1. The van der Waals surface area contributed by atoms with Gasteiger partial charge in [0.1, 0.15) is 0 Å². The summed E-state index contributed by atoms with van der Waals surface area (Å²) in [6.45, 7) is 1.92. The number of benzene rings is 3. The third-order valence-corrected chi connectivity index (χ3v) is 5.09. The van der Waals surface area contributed by atoms with E-state index >= 15 is 0 Å². The highest BCUT2D eigenvalue weighted by Gasteiger charge is 2.19. The predicted molar refractivity (Wildman–Crippen MR) is 116 cm³/mol. The molecule has 0 spiro atoms. The minimum absolute atomic E-state index is 0.186. The second-order valence-electron chi connectivity index (χ2n) is 6.45. The number of fused-ring (bicyclic) bond motifs is 1. The fourth-order valence-electron chi connectivity index (χ4n) is 3.22. The highest BCUT2D eigenvalue weighted by Crippen LogP contribution is 2.31. The lowest BCUT2D eigenvalue weighted by Gasteiger charge is -2.15. The van der Waals surface area contributed by atoms with Gasteiger partial charge in [-0.1, -0.05) is 53.5 Å². The van der Waals surface area contributed by atoms with Crippen LogP contribution in [0.1, 0.15) is 15.9 Å². The Kier molecular flexibility index (Phi) is 5.03. The van der Waals surface area contributed by atoms with E-state index in [1.165, 1.54) is 0 Å². The molecule has 28 heavy (non-hydrogen) atoms. The van der Waals surface area contributed by atoms with Gasteiger partial charge in [0.2, 0.25) is 0 Å². The van der Waals surface area contributed by atoms with Crippen LogP contribution in [-0.2, 0) is 0 Å². The average molecular weight is 407 g/mol. The smallest absolute Gasteiger partial charge is 0.256 e. The predicted octanol–water partition coefficient (Wildman–Crippen LogP) is 6.77. The van der Waals surface area contributed by atoms with Crippen LogP contribution in [0, 0.1) is 6.92 Å². The van der Waals surface area contributed by atoms with E-state index in [4.69, 9.17) is 28.2 Å². The third kappa shape index (κ3) is 3.59. The van der Waals surface area contributed by atoms with Gasteiger partial charge in [0.25, 0.3) is 5.91 Å². The van der Waals surface area contributed by atoms with E-state index in [-0.39, 0.29) is 5.91 Å². The number of nitrogens with zero attached hydrogens (tertiary/aromatic N) is 1. The zero-order chi connectivity index (χ0) is 19.7. The van der Waals surface area contributed by atoms with Crippen molar-refractivity contribution < 1.29 is 4.79 Å². The first kappa shape index (κ1) is 18.5. The van der Waals surface area contributed by atoms with Gasteiger partial charge >= 0.3 is 0 Å². The lowest BCUT2D eigenvalue weighted by molar-refractivity contribution is 0.102. The van der Waals surface area contributed by atoms with Crippen molar-refractivity contribution in [2.45, 2.75) is 6.92 Å². The summed E-state index contributed by atoms with van der Waals surface area (Å²) in [4.78, 5) is 18.0. The van der Waals surface area contributed by atoms with Crippen LogP contribution in [0.25, 0.3) is 22.2 Å². The molecule has 0 saturated carbocycles. The van der Waals surface area contributed by atoms with Crippen molar-refractivity contribution in [3.63, 3.8) is 0 Å².